The zero-order valence-electron chi connectivity index (χ0n) is 6.58. The van der Waals surface area contributed by atoms with Crippen LogP contribution in [0.25, 0.3) is 5.52 Å². The van der Waals surface area contributed by atoms with Gasteiger partial charge in [0.25, 0.3) is 0 Å². The van der Waals surface area contributed by atoms with Gasteiger partial charge in [-0.05, 0) is 34.5 Å². The van der Waals surface area contributed by atoms with Crippen LogP contribution in [-0.4, -0.2) is 17.5 Å². The maximum Gasteiger partial charge on any atom is 0.119 e. The van der Waals surface area contributed by atoms with Crippen molar-refractivity contribution in [1.29, 1.82) is 0 Å². The van der Waals surface area contributed by atoms with Crippen molar-refractivity contribution in [2.45, 2.75) is 6.92 Å². The average molecular weight is 221 g/mol. The third kappa shape index (κ3) is 1.07. The Morgan fingerprint density at radius 2 is 2.33 bits per heavy atom. The summed E-state index contributed by atoms with van der Waals surface area (Å²) in [6.07, 6.45) is 3.59. The van der Waals surface area contributed by atoms with Crippen LogP contribution in [0.1, 0.15) is 5.56 Å². The molecule has 2 radical (unpaired) electrons. The fourth-order valence-corrected chi connectivity index (χ4v) is 1.99. The molecule has 2 heterocycles. The predicted octanol–water partition coefficient (Wildman–Crippen LogP) is 1.20. The fraction of sp³-hybridized carbons (Fsp3) is 0.125. The van der Waals surface area contributed by atoms with Gasteiger partial charge in [-0.25, -0.2) is 4.52 Å². The van der Waals surface area contributed by atoms with Gasteiger partial charge in [0, 0.05) is 16.9 Å². The molecule has 0 aliphatic rings. The molecule has 0 aromatic carbocycles. The van der Waals surface area contributed by atoms with E-state index in [1.807, 2.05) is 19.2 Å². The molecule has 2 rings (SSSR count). The van der Waals surface area contributed by atoms with Gasteiger partial charge < -0.3 is 0 Å². The number of pyridine rings is 1. The van der Waals surface area contributed by atoms with E-state index in [4.69, 9.17) is 7.85 Å². The number of aromatic nitrogens is 2. The molecule has 0 amide bonds. The van der Waals surface area contributed by atoms with Gasteiger partial charge in [-0.2, -0.15) is 5.10 Å². The minimum absolute atomic E-state index is 0.696. The number of nitrogens with zero attached hydrogens (tertiary/aromatic N) is 2. The van der Waals surface area contributed by atoms with Crippen molar-refractivity contribution in [1.82, 2.24) is 9.61 Å². The fourth-order valence-electron chi connectivity index (χ4n) is 1.22. The van der Waals surface area contributed by atoms with E-state index in [1.54, 1.807) is 10.7 Å². The Kier molecular flexibility index (Phi) is 1.72. The number of aryl methyl sites for hydroxylation is 1. The molecule has 0 atom stereocenters. The average Bonchev–Trinajstić information content (AvgIpc) is 2.31. The molecule has 0 fully saturated rings. The van der Waals surface area contributed by atoms with Crippen molar-refractivity contribution in [3.63, 3.8) is 0 Å². The maximum atomic E-state index is 5.71. The molecule has 0 bridgehead atoms. The summed E-state index contributed by atoms with van der Waals surface area (Å²) in [4.78, 5) is 0. The van der Waals surface area contributed by atoms with Crippen LogP contribution in [0.3, 0.4) is 0 Å². The number of hydrogen-bond acceptors (Lipinski definition) is 1. The molecule has 0 aliphatic heterocycles. The first-order valence-corrected chi connectivity index (χ1v) is 4.37. The first-order chi connectivity index (χ1) is 5.68. The molecule has 0 saturated carbocycles. The molecule has 0 N–H and O–H groups in total. The van der Waals surface area contributed by atoms with Crippen LogP contribution in [0.2, 0.25) is 0 Å². The lowest BCUT2D eigenvalue weighted by molar-refractivity contribution is 0.949. The van der Waals surface area contributed by atoms with Gasteiger partial charge in [0.2, 0.25) is 0 Å². The van der Waals surface area contributed by atoms with Crippen LogP contribution >= 0.6 is 15.9 Å². The summed E-state index contributed by atoms with van der Waals surface area (Å²) in [7, 11) is 5.71. The molecule has 2 aromatic rings. The highest BCUT2D eigenvalue weighted by Gasteiger charge is 2.03. The first-order valence-electron chi connectivity index (χ1n) is 3.57. The van der Waals surface area contributed by atoms with Gasteiger partial charge in [0.15, 0.2) is 0 Å². The Balaban J connectivity index is 2.93. The van der Waals surface area contributed by atoms with Gasteiger partial charge in [0.05, 0.1) is 5.52 Å². The zero-order chi connectivity index (χ0) is 8.72. The Bertz CT molecular complexity index is 436. The largest absolute Gasteiger partial charge is 0.240 e. The summed E-state index contributed by atoms with van der Waals surface area (Å²) in [5.41, 5.74) is 2.78. The molecular weight excluding hydrogens is 215 g/mol. The van der Waals surface area contributed by atoms with Crippen LogP contribution in [-0.2, 0) is 0 Å². The zero-order valence-corrected chi connectivity index (χ0v) is 8.17. The highest BCUT2D eigenvalue weighted by atomic mass is 79.9. The van der Waals surface area contributed by atoms with Gasteiger partial charge in [-0.15, -0.1) is 0 Å². The third-order valence-corrected chi connectivity index (χ3v) is 2.33. The van der Waals surface area contributed by atoms with Crippen molar-refractivity contribution in [3.8, 4) is 0 Å². The van der Waals surface area contributed by atoms with E-state index in [0.717, 1.165) is 15.6 Å². The normalized spacial score (nSPS) is 10.8. The van der Waals surface area contributed by atoms with Gasteiger partial charge in [-0.3, -0.25) is 0 Å². The molecule has 0 unspecified atom stereocenters. The molecular formula is C8H6BBrN2. The Hall–Kier alpha value is -0.765. The topological polar surface area (TPSA) is 17.3 Å². The quantitative estimate of drug-likeness (QED) is 0.610. The van der Waals surface area contributed by atoms with E-state index in [1.165, 1.54) is 0 Å². The summed E-state index contributed by atoms with van der Waals surface area (Å²) in [5.74, 6) is 0. The lowest BCUT2D eigenvalue weighted by atomic mass is 9.98. The predicted molar refractivity (Wildman–Crippen MR) is 53.0 cm³/mol. The summed E-state index contributed by atoms with van der Waals surface area (Å²) in [6.45, 7) is 2.02. The van der Waals surface area contributed by atoms with E-state index >= 15 is 0 Å². The molecule has 0 aliphatic carbocycles. The van der Waals surface area contributed by atoms with E-state index in [9.17, 15) is 0 Å². The van der Waals surface area contributed by atoms with E-state index in [2.05, 4.69) is 21.0 Å². The van der Waals surface area contributed by atoms with Gasteiger partial charge >= 0.3 is 0 Å². The van der Waals surface area contributed by atoms with Crippen molar-refractivity contribution >= 4 is 34.8 Å². The van der Waals surface area contributed by atoms with Crippen LogP contribution < -0.4 is 5.46 Å². The number of halogens is 1. The van der Waals surface area contributed by atoms with E-state index in [-0.39, 0.29) is 0 Å². The number of hydrogen-bond donors (Lipinski definition) is 0. The summed E-state index contributed by atoms with van der Waals surface area (Å²) < 4.78 is 2.76. The highest BCUT2D eigenvalue weighted by molar-refractivity contribution is 9.10. The van der Waals surface area contributed by atoms with Crippen LogP contribution in [0.5, 0.6) is 0 Å². The van der Waals surface area contributed by atoms with Crippen molar-refractivity contribution in [3.05, 3.63) is 28.5 Å². The van der Waals surface area contributed by atoms with Crippen LogP contribution in [0.15, 0.2) is 22.9 Å². The Labute approximate surface area is 80.1 Å². The lowest BCUT2D eigenvalue weighted by Gasteiger charge is -1.99. The van der Waals surface area contributed by atoms with Crippen LogP contribution in [0, 0.1) is 6.92 Å². The summed E-state index contributed by atoms with van der Waals surface area (Å²) in [5, 5.41) is 4.10. The standard InChI is InChI=1S/C8H6BBrN2/c1-5-2-7(10)8-6(9)3-11-12(8)4-5/h2-4H,1H3. The van der Waals surface area contributed by atoms with E-state index < -0.39 is 0 Å². The van der Waals surface area contributed by atoms with E-state index in [0.29, 0.717) is 5.46 Å². The lowest BCUT2D eigenvalue weighted by Crippen LogP contribution is -2.00. The monoisotopic (exact) mass is 220 g/mol. The molecule has 2 aromatic heterocycles. The first kappa shape index (κ1) is 7.86. The second-order valence-electron chi connectivity index (χ2n) is 2.76. The SMILES string of the molecule is [B]c1cnn2cc(C)cc(Br)c12. The van der Waals surface area contributed by atoms with Gasteiger partial charge in [-0.1, -0.05) is 5.46 Å². The minimum Gasteiger partial charge on any atom is -0.240 e. The third-order valence-electron chi connectivity index (χ3n) is 1.73. The molecule has 0 saturated heterocycles. The van der Waals surface area contributed by atoms with Gasteiger partial charge in [0.1, 0.15) is 7.85 Å². The van der Waals surface area contributed by atoms with Crippen molar-refractivity contribution < 1.29 is 0 Å². The Morgan fingerprint density at radius 3 is 3.08 bits per heavy atom. The Morgan fingerprint density at radius 1 is 1.58 bits per heavy atom. The van der Waals surface area contributed by atoms with Crippen molar-refractivity contribution in [2.24, 2.45) is 0 Å². The number of rotatable bonds is 0. The smallest absolute Gasteiger partial charge is 0.119 e. The molecule has 58 valence electrons. The molecule has 2 nitrogen and oxygen atoms in total. The molecule has 0 spiro atoms. The van der Waals surface area contributed by atoms with Crippen LogP contribution in [0.4, 0.5) is 0 Å². The summed E-state index contributed by atoms with van der Waals surface area (Å²) >= 11 is 3.44. The number of fused-ring (bicyclic) bond motifs is 1. The maximum absolute atomic E-state index is 5.71. The van der Waals surface area contributed by atoms with Crippen molar-refractivity contribution in [2.75, 3.05) is 0 Å². The molecule has 12 heavy (non-hydrogen) atoms. The second kappa shape index (κ2) is 2.63. The second-order valence-corrected chi connectivity index (χ2v) is 3.61. The summed E-state index contributed by atoms with van der Waals surface area (Å²) in [6, 6.07) is 2.02. The molecule has 4 heteroatoms. The minimum atomic E-state index is 0.696. The highest BCUT2D eigenvalue weighted by Crippen LogP contribution is 2.16.